The van der Waals surface area contributed by atoms with E-state index in [4.69, 9.17) is 5.41 Å². The van der Waals surface area contributed by atoms with E-state index >= 15 is 0 Å². The Labute approximate surface area is 79.1 Å². The average molecular weight is 179 g/mol. The van der Waals surface area contributed by atoms with Crippen molar-refractivity contribution in [2.75, 3.05) is 19.0 Å². The van der Waals surface area contributed by atoms with E-state index in [0.29, 0.717) is 5.56 Å². The average Bonchev–Trinajstić information content (AvgIpc) is 2.04. The molecule has 0 saturated heterocycles. The van der Waals surface area contributed by atoms with Gasteiger partial charge in [-0.3, -0.25) is 0 Å². The van der Waals surface area contributed by atoms with Crippen molar-refractivity contribution in [3.8, 4) is 0 Å². The van der Waals surface area contributed by atoms with Gasteiger partial charge in [0.1, 0.15) is 0 Å². The van der Waals surface area contributed by atoms with Crippen LogP contribution in [0.5, 0.6) is 0 Å². The van der Waals surface area contributed by atoms with Crippen molar-refractivity contribution < 1.29 is 5.11 Å². The molecule has 3 nitrogen and oxygen atoms in total. The fourth-order valence-electron chi connectivity index (χ4n) is 0.911. The molecule has 1 aromatic rings. The summed E-state index contributed by atoms with van der Waals surface area (Å²) in [5.41, 5.74) is 1.46. The monoisotopic (exact) mass is 179 g/mol. The van der Waals surface area contributed by atoms with Crippen LogP contribution in [0.2, 0.25) is 0 Å². The van der Waals surface area contributed by atoms with Crippen LogP contribution in [-0.4, -0.2) is 20.0 Å². The van der Waals surface area contributed by atoms with Gasteiger partial charge in [0.2, 0.25) is 0 Å². The molecule has 0 atom stereocenters. The van der Waals surface area contributed by atoms with Crippen LogP contribution in [0.15, 0.2) is 24.3 Å². The van der Waals surface area contributed by atoms with E-state index in [-0.39, 0.29) is 7.43 Å². The fourth-order valence-corrected chi connectivity index (χ4v) is 0.911. The molecular weight excluding hydrogens is 164 g/mol. The molecule has 1 rings (SSSR count). The number of nitrogens with one attached hydrogen (secondary N) is 1. The van der Waals surface area contributed by atoms with Crippen molar-refractivity contribution in [1.29, 1.82) is 5.41 Å². The van der Waals surface area contributed by atoms with Gasteiger partial charge in [0.05, 0.1) is 0 Å². The van der Waals surface area contributed by atoms with Crippen LogP contribution in [0.1, 0.15) is 13.0 Å². The van der Waals surface area contributed by atoms with Crippen molar-refractivity contribution in [2.45, 2.75) is 7.43 Å². The zero-order valence-corrected chi connectivity index (χ0v) is 7.16. The summed E-state index contributed by atoms with van der Waals surface area (Å²) in [4.78, 5) is 1.94. The van der Waals surface area contributed by atoms with Crippen LogP contribution in [0, 0.1) is 5.41 Å². The van der Waals surface area contributed by atoms with Gasteiger partial charge >= 0.3 is 0 Å². The highest BCUT2D eigenvalue weighted by molar-refractivity contribution is 5.88. The number of hydrogen-bond donors (Lipinski definition) is 1. The van der Waals surface area contributed by atoms with Crippen LogP contribution in [0.3, 0.4) is 0 Å². The van der Waals surface area contributed by atoms with E-state index in [0.717, 1.165) is 5.69 Å². The molecule has 1 N–H and O–H groups in total. The van der Waals surface area contributed by atoms with E-state index in [2.05, 4.69) is 0 Å². The number of nitrogens with zero attached hydrogens (tertiary/aromatic N) is 1. The SMILES string of the molecule is C.CN(C)c1ccc(C(=N)[O-])cc1. The molecule has 0 aliphatic carbocycles. The predicted molar refractivity (Wildman–Crippen MR) is 54.3 cm³/mol. The highest BCUT2D eigenvalue weighted by Gasteiger charge is 1.94. The summed E-state index contributed by atoms with van der Waals surface area (Å²) < 4.78 is 0. The molecule has 0 amide bonds. The molecule has 3 heteroatoms. The van der Waals surface area contributed by atoms with E-state index in [1.54, 1.807) is 12.1 Å². The molecule has 0 spiro atoms. The summed E-state index contributed by atoms with van der Waals surface area (Å²) in [6.45, 7) is 0. The highest BCUT2D eigenvalue weighted by Crippen LogP contribution is 2.11. The molecule has 0 aliphatic heterocycles. The summed E-state index contributed by atoms with van der Waals surface area (Å²) in [6, 6.07) is 6.96. The van der Waals surface area contributed by atoms with Crippen molar-refractivity contribution >= 4 is 11.6 Å². The maximum Gasteiger partial charge on any atom is 0.0361 e. The van der Waals surface area contributed by atoms with Crippen LogP contribution in [-0.2, 0) is 0 Å². The molecule has 0 saturated carbocycles. The second-order valence-electron chi connectivity index (χ2n) is 2.77. The van der Waals surface area contributed by atoms with Crippen molar-refractivity contribution in [2.24, 2.45) is 0 Å². The van der Waals surface area contributed by atoms with E-state index < -0.39 is 5.90 Å². The number of anilines is 1. The summed E-state index contributed by atoms with van der Waals surface area (Å²) in [7, 11) is 3.86. The lowest BCUT2D eigenvalue weighted by Gasteiger charge is -2.13. The molecule has 0 radical (unpaired) electrons. The molecule has 0 aliphatic rings. The summed E-state index contributed by atoms with van der Waals surface area (Å²) in [6.07, 6.45) is 0. The smallest absolute Gasteiger partial charge is 0.0361 e. The lowest BCUT2D eigenvalue weighted by atomic mass is 10.2. The number of benzene rings is 1. The molecule has 0 fully saturated rings. The minimum absolute atomic E-state index is 0. The van der Waals surface area contributed by atoms with Gasteiger partial charge in [-0.05, 0) is 23.6 Å². The quantitative estimate of drug-likeness (QED) is 0.545. The van der Waals surface area contributed by atoms with Gasteiger partial charge in [-0.1, -0.05) is 19.6 Å². The molecule has 13 heavy (non-hydrogen) atoms. The number of rotatable bonds is 2. The first kappa shape index (κ1) is 11.5. The van der Waals surface area contributed by atoms with Gasteiger partial charge in [0, 0.05) is 19.8 Å². The first-order valence-electron chi connectivity index (χ1n) is 3.64. The standard InChI is InChI=1S/C9H12N2O.CH4/c1-11(2)8-5-3-7(4-6-8)9(10)12;/h3-6H,1-2H3,(H2,10,12);1H4/p-1. The highest BCUT2D eigenvalue weighted by atomic mass is 16.3. The predicted octanol–water partition coefficient (Wildman–Crippen LogP) is 1.07. The van der Waals surface area contributed by atoms with Crippen molar-refractivity contribution in [3.05, 3.63) is 29.8 Å². The van der Waals surface area contributed by atoms with Gasteiger partial charge < -0.3 is 15.4 Å². The molecule has 0 unspecified atom stereocenters. The van der Waals surface area contributed by atoms with Crippen molar-refractivity contribution in [3.63, 3.8) is 0 Å². The zero-order chi connectivity index (χ0) is 9.14. The van der Waals surface area contributed by atoms with Crippen LogP contribution < -0.4 is 10.0 Å². The summed E-state index contributed by atoms with van der Waals surface area (Å²) in [5, 5.41) is 17.4. The van der Waals surface area contributed by atoms with Crippen LogP contribution >= 0.6 is 0 Å². The number of hydrogen-bond acceptors (Lipinski definition) is 3. The Morgan fingerprint density at radius 1 is 1.23 bits per heavy atom. The Kier molecular flexibility index (Phi) is 3.98. The van der Waals surface area contributed by atoms with Crippen LogP contribution in [0.25, 0.3) is 0 Å². The first-order valence-corrected chi connectivity index (χ1v) is 3.64. The fraction of sp³-hybridized carbons (Fsp3) is 0.300. The van der Waals surface area contributed by atoms with Gasteiger partial charge in [0.15, 0.2) is 0 Å². The second kappa shape index (κ2) is 4.50. The summed E-state index contributed by atoms with van der Waals surface area (Å²) >= 11 is 0. The molecule has 0 aromatic heterocycles. The topological polar surface area (TPSA) is 50.2 Å². The molecular formula is C10H15N2O-. The Hall–Kier alpha value is -1.51. The molecule has 72 valence electrons. The maximum atomic E-state index is 10.6. The van der Waals surface area contributed by atoms with E-state index in [1.165, 1.54) is 0 Å². The van der Waals surface area contributed by atoms with E-state index in [1.807, 2.05) is 31.1 Å². The Balaban J connectivity index is 0.00000144. The third-order valence-electron chi connectivity index (χ3n) is 1.65. The van der Waals surface area contributed by atoms with Gasteiger partial charge in [0.25, 0.3) is 0 Å². The lowest BCUT2D eigenvalue weighted by Crippen LogP contribution is -2.17. The van der Waals surface area contributed by atoms with E-state index in [9.17, 15) is 5.11 Å². The van der Waals surface area contributed by atoms with Gasteiger partial charge in [-0.25, -0.2) is 0 Å². The minimum Gasteiger partial charge on any atom is -0.859 e. The summed E-state index contributed by atoms with van der Waals surface area (Å²) in [5.74, 6) is -0.639. The molecule has 0 bridgehead atoms. The van der Waals surface area contributed by atoms with Crippen molar-refractivity contribution in [1.82, 2.24) is 0 Å². The Bertz CT molecular complexity index is 277. The lowest BCUT2D eigenvalue weighted by molar-refractivity contribution is -0.214. The molecule has 1 aromatic carbocycles. The zero-order valence-electron chi connectivity index (χ0n) is 7.16. The van der Waals surface area contributed by atoms with Crippen LogP contribution in [0.4, 0.5) is 5.69 Å². The third kappa shape index (κ3) is 2.78. The Morgan fingerprint density at radius 2 is 1.69 bits per heavy atom. The van der Waals surface area contributed by atoms with Gasteiger partial charge in [-0.15, -0.1) is 0 Å². The minimum atomic E-state index is -0.639. The van der Waals surface area contributed by atoms with Gasteiger partial charge in [-0.2, -0.15) is 0 Å². The third-order valence-corrected chi connectivity index (χ3v) is 1.65. The normalized spacial score (nSPS) is 8.77. The molecule has 0 heterocycles. The largest absolute Gasteiger partial charge is 0.859 e. The Morgan fingerprint density at radius 3 is 2.00 bits per heavy atom. The second-order valence-corrected chi connectivity index (χ2v) is 2.77. The first-order chi connectivity index (χ1) is 5.61. The maximum absolute atomic E-state index is 10.6.